The lowest BCUT2D eigenvalue weighted by Crippen LogP contribution is -2.51. The van der Waals surface area contributed by atoms with Gasteiger partial charge in [0.25, 0.3) is 0 Å². The Morgan fingerprint density at radius 3 is 2.43 bits per heavy atom. The predicted molar refractivity (Wildman–Crippen MR) is 51.7 cm³/mol. The highest BCUT2D eigenvalue weighted by Gasteiger charge is 2.38. The maximum atomic E-state index is 11.6. The first-order chi connectivity index (χ1) is 6.32. The molecule has 0 aromatic heterocycles. The summed E-state index contributed by atoms with van der Waals surface area (Å²) in [6.45, 7) is 7.85. The standard InChI is InChI=1S/C10H17NO3/c1-7(2)6-11-8(12)5-10(3,4)14-9(11)13/h7H,5-6H2,1-4H3. The Balaban J connectivity index is 2.71. The fourth-order valence-corrected chi connectivity index (χ4v) is 1.43. The number of hydrogen-bond acceptors (Lipinski definition) is 3. The van der Waals surface area contributed by atoms with Gasteiger partial charge in [0.05, 0.1) is 6.42 Å². The average Bonchev–Trinajstić information content (AvgIpc) is 1.94. The second kappa shape index (κ2) is 3.59. The number of carbonyl (C=O) groups excluding carboxylic acids is 2. The number of cyclic esters (lactones) is 1. The first kappa shape index (κ1) is 11.0. The van der Waals surface area contributed by atoms with Gasteiger partial charge < -0.3 is 4.74 Å². The summed E-state index contributed by atoms with van der Waals surface area (Å²) in [5, 5.41) is 0. The fraction of sp³-hybridized carbons (Fsp3) is 0.800. The van der Waals surface area contributed by atoms with Crippen LogP contribution >= 0.6 is 0 Å². The van der Waals surface area contributed by atoms with Crippen LogP contribution in [0.3, 0.4) is 0 Å². The molecular formula is C10H17NO3. The van der Waals surface area contributed by atoms with E-state index in [1.54, 1.807) is 13.8 Å². The van der Waals surface area contributed by atoms with Crippen molar-refractivity contribution in [2.24, 2.45) is 5.92 Å². The van der Waals surface area contributed by atoms with Crippen molar-refractivity contribution in [3.05, 3.63) is 0 Å². The number of imide groups is 1. The second-order valence-corrected chi connectivity index (χ2v) is 4.70. The molecule has 1 aliphatic rings. The van der Waals surface area contributed by atoms with Crippen LogP contribution in [0.2, 0.25) is 0 Å². The fourth-order valence-electron chi connectivity index (χ4n) is 1.43. The molecule has 0 aliphatic carbocycles. The van der Waals surface area contributed by atoms with E-state index in [1.165, 1.54) is 4.90 Å². The summed E-state index contributed by atoms with van der Waals surface area (Å²) in [7, 11) is 0. The predicted octanol–water partition coefficient (Wildman–Crippen LogP) is 1.79. The van der Waals surface area contributed by atoms with E-state index in [2.05, 4.69) is 0 Å². The Kier molecular flexibility index (Phi) is 2.83. The van der Waals surface area contributed by atoms with E-state index in [4.69, 9.17) is 4.74 Å². The van der Waals surface area contributed by atoms with Crippen molar-refractivity contribution >= 4 is 12.0 Å². The number of rotatable bonds is 2. The minimum absolute atomic E-state index is 0.139. The summed E-state index contributed by atoms with van der Waals surface area (Å²) in [6, 6.07) is 0. The van der Waals surface area contributed by atoms with Gasteiger partial charge in [-0.15, -0.1) is 0 Å². The molecule has 0 radical (unpaired) electrons. The Labute approximate surface area is 84.2 Å². The van der Waals surface area contributed by atoms with Gasteiger partial charge in [0.15, 0.2) is 0 Å². The van der Waals surface area contributed by atoms with Crippen molar-refractivity contribution in [2.75, 3.05) is 6.54 Å². The van der Waals surface area contributed by atoms with Gasteiger partial charge in [0.1, 0.15) is 5.60 Å². The molecule has 1 fully saturated rings. The minimum atomic E-state index is -0.651. The molecule has 14 heavy (non-hydrogen) atoms. The minimum Gasteiger partial charge on any atom is -0.443 e. The van der Waals surface area contributed by atoms with Gasteiger partial charge >= 0.3 is 6.09 Å². The van der Waals surface area contributed by atoms with E-state index in [9.17, 15) is 9.59 Å². The van der Waals surface area contributed by atoms with Crippen molar-refractivity contribution in [1.82, 2.24) is 4.90 Å². The summed E-state index contributed by atoms with van der Waals surface area (Å²) in [5.41, 5.74) is -0.651. The van der Waals surface area contributed by atoms with Gasteiger partial charge in [0, 0.05) is 6.54 Å². The van der Waals surface area contributed by atoms with Gasteiger partial charge in [-0.25, -0.2) is 9.69 Å². The molecular weight excluding hydrogens is 182 g/mol. The van der Waals surface area contributed by atoms with Crippen LogP contribution in [0.5, 0.6) is 0 Å². The number of amides is 2. The van der Waals surface area contributed by atoms with Gasteiger partial charge in [-0.05, 0) is 19.8 Å². The molecule has 0 aromatic rings. The summed E-state index contributed by atoms with van der Waals surface area (Å²) in [4.78, 5) is 24.2. The van der Waals surface area contributed by atoms with E-state index < -0.39 is 11.7 Å². The van der Waals surface area contributed by atoms with E-state index in [0.717, 1.165) is 0 Å². The van der Waals surface area contributed by atoms with Gasteiger partial charge in [0.2, 0.25) is 5.91 Å². The zero-order chi connectivity index (χ0) is 10.9. The van der Waals surface area contributed by atoms with Crippen LogP contribution in [0, 0.1) is 5.92 Å². The van der Waals surface area contributed by atoms with E-state index >= 15 is 0 Å². The first-order valence-corrected chi connectivity index (χ1v) is 4.85. The van der Waals surface area contributed by atoms with Gasteiger partial charge in [-0.1, -0.05) is 13.8 Å². The Hall–Kier alpha value is -1.06. The third-order valence-corrected chi connectivity index (χ3v) is 2.01. The van der Waals surface area contributed by atoms with Crippen molar-refractivity contribution in [3.63, 3.8) is 0 Å². The summed E-state index contributed by atoms with van der Waals surface area (Å²) >= 11 is 0. The third kappa shape index (κ3) is 2.47. The lowest BCUT2D eigenvalue weighted by molar-refractivity contribution is -0.142. The summed E-state index contributed by atoms with van der Waals surface area (Å²) in [5.74, 6) is 0.132. The Morgan fingerprint density at radius 2 is 2.00 bits per heavy atom. The number of hydrogen-bond donors (Lipinski definition) is 0. The maximum Gasteiger partial charge on any atom is 0.417 e. The second-order valence-electron chi connectivity index (χ2n) is 4.70. The highest BCUT2D eigenvalue weighted by molar-refractivity contribution is 5.94. The summed E-state index contributed by atoms with van der Waals surface area (Å²) < 4.78 is 5.12. The number of carbonyl (C=O) groups is 2. The quantitative estimate of drug-likeness (QED) is 0.681. The van der Waals surface area contributed by atoms with Crippen molar-refractivity contribution in [1.29, 1.82) is 0 Å². The first-order valence-electron chi connectivity index (χ1n) is 4.85. The monoisotopic (exact) mass is 199 g/mol. The molecule has 4 nitrogen and oxygen atoms in total. The van der Waals surface area contributed by atoms with Crippen LogP contribution in [0.4, 0.5) is 4.79 Å². The van der Waals surface area contributed by atoms with Crippen LogP contribution < -0.4 is 0 Å². The van der Waals surface area contributed by atoms with Crippen LogP contribution in [0.1, 0.15) is 34.1 Å². The Morgan fingerprint density at radius 1 is 1.43 bits per heavy atom. The van der Waals surface area contributed by atoms with Crippen molar-refractivity contribution in [3.8, 4) is 0 Å². The molecule has 2 amide bonds. The topological polar surface area (TPSA) is 46.6 Å². The summed E-state index contributed by atoms with van der Waals surface area (Å²) in [6.07, 6.45) is -0.245. The highest BCUT2D eigenvalue weighted by Crippen LogP contribution is 2.23. The van der Waals surface area contributed by atoms with Gasteiger partial charge in [-0.2, -0.15) is 0 Å². The molecule has 0 saturated carbocycles. The van der Waals surface area contributed by atoms with E-state index in [1.807, 2.05) is 13.8 Å². The van der Waals surface area contributed by atoms with Crippen molar-refractivity contribution in [2.45, 2.75) is 39.7 Å². The zero-order valence-corrected chi connectivity index (χ0v) is 9.16. The smallest absolute Gasteiger partial charge is 0.417 e. The molecule has 1 aliphatic heterocycles. The van der Waals surface area contributed by atoms with Gasteiger partial charge in [-0.3, -0.25) is 4.79 Å². The molecule has 1 rings (SSSR count). The largest absolute Gasteiger partial charge is 0.443 e. The average molecular weight is 199 g/mol. The van der Waals surface area contributed by atoms with E-state index in [-0.39, 0.29) is 18.2 Å². The molecule has 0 spiro atoms. The Bertz CT molecular complexity index is 238. The number of ether oxygens (including phenoxy) is 1. The lowest BCUT2D eigenvalue weighted by atomic mass is 10.0. The third-order valence-electron chi connectivity index (χ3n) is 2.01. The molecule has 1 heterocycles. The molecule has 4 heteroatoms. The molecule has 0 aromatic carbocycles. The SMILES string of the molecule is CC(C)CN1C(=O)CC(C)(C)OC1=O. The highest BCUT2D eigenvalue weighted by atomic mass is 16.6. The van der Waals surface area contributed by atoms with Crippen LogP contribution in [-0.2, 0) is 9.53 Å². The van der Waals surface area contributed by atoms with Crippen LogP contribution in [0.25, 0.3) is 0 Å². The molecule has 0 bridgehead atoms. The normalized spacial score (nSPS) is 21.4. The zero-order valence-electron chi connectivity index (χ0n) is 9.16. The molecule has 1 saturated heterocycles. The van der Waals surface area contributed by atoms with E-state index in [0.29, 0.717) is 6.54 Å². The van der Waals surface area contributed by atoms with Crippen LogP contribution in [0.15, 0.2) is 0 Å². The molecule has 80 valence electrons. The van der Waals surface area contributed by atoms with Crippen LogP contribution in [-0.4, -0.2) is 29.0 Å². The maximum absolute atomic E-state index is 11.6. The molecule has 0 atom stereocenters. The van der Waals surface area contributed by atoms with Crippen molar-refractivity contribution < 1.29 is 14.3 Å². The molecule has 0 N–H and O–H groups in total. The lowest BCUT2D eigenvalue weighted by Gasteiger charge is -2.35. The number of nitrogens with zero attached hydrogens (tertiary/aromatic N) is 1. The molecule has 0 unspecified atom stereocenters.